The molecule has 2 rings (SSSR count). The number of carboxylic acids is 1. The maximum Gasteiger partial charge on any atom is 0.320 e. The Labute approximate surface area is 118 Å². The summed E-state index contributed by atoms with van der Waals surface area (Å²) in [6.45, 7) is 6.49. The van der Waals surface area contributed by atoms with Gasteiger partial charge in [0.2, 0.25) is 5.91 Å². The lowest BCUT2D eigenvalue weighted by Gasteiger charge is -2.45. The Kier molecular flexibility index (Phi) is 4.15. The molecule has 112 valence electrons. The van der Waals surface area contributed by atoms with Crippen molar-refractivity contribution in [3.05, 3.63) is 0 Å². The molecule has 7 nitrogen and oxygen atoms in total. The number of carbonyl (C=O) groups is 3. The fraction of sp³-hybridized carbons (Fsp3) is 0.769. The van der Waals surface area contributed by atoms with Crippen LogP contribution >= 0.6 is 0 Å². The lowest BCUT2D eigenvalue weighted by atomic mass is 9.87. The molecule has 7 heteroatoms. The molecule has 2 aliphatic rings. The number of amides is 3. The van der Waals surface area contributed by atoms with E-state index in [1.54, 1.807) is 21.6 Å². The molecule has 0 aliphatic carbocycles. The van der Waals surface area contributed by atoms with Crippen LogP contribution in [0.25, 0.3) is 0 Å². The Balaban J connectivity index is 1.78. The van der Waals surface area contributed by atoms with Crippen molar-refractivity contribution in [1.82, 2.24) is 14.7 Å². The van der Waals surface area contributed by atoms with E-state index >= 15 is 0 Å². The summed E-state index contributed by atoms with van der Waals surface area (Å²) in [4.78, 5) is 39.4. The van der Waals surface area contributed by atoms with Gasteiger partial charge in [0.25, 0.3) is 0 Å². The summed E-state index contributed by atoms with van der Waals surface area (Å²) in [7, 11) is 0. The number of carbonyl (C=O) groups excluding carboxylic acids is 2. The molecule has 1 atom stereocenters. The summed E-state index contributed by atoms with van der Waals surface area (Å²) < 4.78 is 0. The number of aliphatic carboxylic acids is 1. The van der Waals surface area contributed by atoms with Gasteiger partial charge in [-0.25, -0.2) is 4.79 Å². The average molecular weight is 283 g/mol. The van der Waals surface area contributed by atoms with Crippen molar-refractivity contribution in [2.24, 2.45) is 11.8 Å². The van der Waals surface area contributed by atoms with Crippen LogP contribution < -0.4 is 0 Å². The third-order valence-electron chi connectivity index (χ3n) is 4.27. The Morgan fingerprint density at radius 3 is 1.95 bits per heavy atom. The van der Waals surface area contributed by atoms with E-state index in [1.165, 1.54) is 6.92 Å². The summed E-state index contributed by atoms with van der Waals surface area (Å²) in [5.74, 6) is -1.13. The monoisotopic (exact) mass is 283 g/mol. The van der Waals surface area contributed by atoms with Crippen molar-refractivity contribution in [3.63, 3.8) is 0 Å². The molecular weight excluding hydrogens is 262 g/mol. The van der Waals surface area contributed by atoms with Crippen LogP contribution in [0.1, 0.15) is 13.8 Å². The van der Waals surface area contributed by atoms with Gasteiger partial charge in [0, 0.05) is 52.1 Å². The minimum absolute atomic E-state index is 0.0383. The summed E-state index contributed by atoms with van der Waals surface area (Å²) in [5.41, 5.74) is 0. The molecule has 0 aromatic heterocycles. The van der Waals surface area contributed by atoms with Gasteiger partial charge in [-0.2, -0.15) is 0 Å². The molecule has 0 radical (unpaired) electrons. The van der Waals surface area contributed by atoms with E-state index in [0.29, 0.717) is 39.3 Å². The van der Waals surface area contributed by atoms with Crippen molar-refractivity contribution in [3.8, 4) is 0 Å². The standard InChI is InChI=1S/C13H21N3O4/c1-9(12(18)19)11-7-16(8-11)13(20)15-5-3-14(4-6-15)10(2)17/h9,11H,3-8H2,1-2H3,(H,18,19). The average Bonchev–Trinajstić information content (AvgIpc) is 2.36. The highest BCUT2D eigenvalue weighted by atomic mass is 16.4. The molecule has 2 fully saturated rings. The zero-order chi connectivity index (χ0) is 14.9. The number of urea groups is 1. The van der Waals surface area contributed by atoms with Gasteiger partial charge in [-0.3, -0.25) is 9.59 Å². The van der Waals surface area contributed by atoms with E-state index in [4.69, 9.17) is 5.11 Å². The van der Waals surface area contributed by atoms with Crippen molar-refractivity contribution in [2.45, 2.75) is 13.8 Å². The number of hydrogen-bond donors (Lipinski definition) is 1. The first-order valence-corrected chi connectivity index (χ1v) is 6.92. The predicted molar refractivity (Wildman–Crippen MR) is 71.1 cm³/mol. The number of nitrogens with zero attached hydrogens (tertiary/aromatic N) is 3. The van der Waals surface area contributed by atoms with Crippen LogP contribution in [-0.2, 0) is 9.59 Å². The van der Waals surface area contributed by atoms with Gasteiger partial charge in [0.15, 0.2) is 0 Å². The van der Waals surface area contributed by atoms with Gasteiger partial charge in [-0.1, -0.05) is 6.92 Å². The molecule has 2 heterocycles. The highest BCUT2D eigenvalue weighted by molar-refractivity contribution is 5.77. The minimum Gasteiger partial charge on any atom is -0.481 e. The lowest BCUT2D eigenvalue weighted by Crippen LogP contribution is -2.60. The molecule has 0 aromatic rings. The zero-order valence-corrected chi connectivity index (χ0v) is 11.9. The molecule has 2 saturated heterocycles. The van der Waals surface area contributed by atoms with Gasteiger partial charge in [-0.15, -0.1) is 0 Å². The van der Waals surface area contributed by atoms with Gasteiger partial charge in [-0.05, 0) is 0 Å². The van der Waals surface area contributed by atoms with Gasteiger partial charge in [0.05, 0.1) is 5.92 Å². The summed E-state index contributed by atoms with van der Waals surface area (Å²) in [6, 6.07) is -0.0398. The second kappa shape index (κ2) is 5.68. The van der Waals surface area contributed by atoms with E-state index in [9.17, 15) is 14.4 Å². The van der Waals surface area contributed by atoms with Crippen LogP contribution in [0.5, 0.6) is 0 Å². The Bertz CT molecular complexity index is 412. The molecular formula is C13H21N3O4. The smallest absolute Gasteiger partial charge is 0.320 e. The van der Waals surface area contributed by atoms with Gasteiger partial charge >= 0.3 is 12.0 Å². The third-order valence-corrected chi connectivity index (χ3v) is 4.27. The molecule has 0 aromatic carbocycles. The zero-order valence-electron chi connectivity index (χ0n) is 11.9. The second-order valence-corrected chi connectivity index (χ2v) is 5.57. The van der Waals surface area contributed by atoms with Crippen LogP contribution in [0, 0.1) is 11.8 Å². The van der Waals surface area contributed by atoms with Crippen LogP contribution in [0.15, 0.2) is 0 Å². The van der Waals surface area contributed by atoms with Crippen LogP contribution in [0.3, 0.4) is 0 Å². The van der Waals surface area contributed by atoms with Crippen LogP contribution in [0.2, 0.25) is 0 Å². The van der Waals surface area contributed by atoms with Crippen LogP contribution in [0.4, 0.5) is 4.79 Å². The minimum atomic E-state index is -0.808. The first kappa shape index (κ1) is 14.6. The maximum absolute atomic E-state index is 12.2. The fourth-order valence-corrected chi connectivity index (χ4v) is 2.60. The number of piperazine rings is 1. The Hall–Kier alpha value is -1.79. The number of carboxylic acid groups (broad SMARTS) is 1. The maximum atomic E-state index is 12.2. The molecule has 2 aliphatic heterocycles. The molecule has 1 unspecified atom stereocenters. The quantitative estimate of drug-likeness (QED) is 0.769. The number of likely N-dealkylation sites (tertiary alicyclic amines) is 1. The number of hydrogen-bond acceptors (Lipinski definition) is 3. The first-order valence-electron chi connectivity index (χ1n) is 6.92. The highest BCUT2D eigenvalue weighted by Crippen LogP contribution is 2.25. The predicted octanol–water partition coefficient (Wildman–Crippen LogP) is -0.0770. The van der Waals surface area contributed by atoms with Gasteiger partial charge in [0.1, 0.15) is 0 Å². The highest BCUT2D eigenvalue weighted by Gasteiger charge is 2.39. The topological polar surface area (TPSA) is 81.2 Å². The van der Waals surface area contributed by atoms with E-state index in [-0.39, 0.29) is 17.9 Å². The Morgan fingerprint density at radius 2 is 1.50 bits per heavy atom. The van der Waals surface area contributed by atoms with E-state index in [1.807, 2.05) is 0 Å². The lowest BCUT2D eigenvalue weighted by molar-refractivity contribution is -0.144. The number of rotatable bonds is 2. The fourth-order valence-electron chi connectivity index (χ4n) is 2.60. The largest absolute Gasteiger partial charge is 0.481 e. The van der Waals surface area contributed by atoms with Crippen molar-refractivity contribution in [1.29, 1.82) is 0 Å². The summed E-state index contributed by atoms with van der Waals surface area (Å²) in [5, 5.41) is 8.92. The molecule has 0 saturated carbocycles. The van der Waals surface area contributed by atoms with E-state index in [2.05, 4.69) is 0 Å². The molecule has 20 heavy (non-hydrogen) atoms. The van der Waals surface area contributed by atoms with Gasteiger partial charge < -0.3 is 19.8 Å². The molecule has 0 spiro atoms. The third kappa shape index (κ3) is 2.86. The SMILES string of the molecule is CC(=O)N1CCN(C(=O)N2CC(C(C)C(=O)O)C2)CC1. The summed E-state index contributed by atoms with van der Waals surface area (Å²) in [6.07, 6.45) is 0. The summed E-state index contributed by atoms with van der Waals surface area (Å²) >= 11 is 0. The van der Waals surface area contributed by atoms with E-state index in [0.717, 1.165) is 0 Å². The van der Waals surface area contributed by atoms with Crippen LogP contribution in [-0.4, -0.2) is 77.0 Å². The molecule has 0 bridgehead atoms. The molecule has 3 amide bonds. The Morgan fingerprint density at radius 1 is 1.00 bits per heavy atom. The first-order chi connectivity index (χ1) is 9.40. The normalized spacial score (nSPS) is 21.4. The molecule has 1 N–H and O–H groups in total. The van der Waals surface area contributed by atoms with Crippen molar-refractivity contribution in [2.75, 3.05) is 39.3 Å². The second-order valence-electron chi connectivity index (χ2n) is 5.57. The van der Waals surface area contributed by atoms with Crippen molar-refractivity contribution >= 4 is 17.9 Å². The van der Waals surface area contributed by atoms with Crippen molar-refractivity contribution < 1.29 is 19.5 Å². The van der Waals surface area contributed by atoms with E-state index < -0.39 is 11.9 Å².